The maximum Gasteiger partial charge on any atom is 0.338 e. The van der Waals surface area contributed by atoms with E-state index in [-0.39, 0.29) is 47.3 Å². The molecule has 0 amide bonds. The van der Waals surface area contributed by atoms with E-state index in [1.807, 2.05) is 30.3 Å². The van der Waals surface area contributed by atoms with Crippen LogP contribution in [0.15, 0.2) is 60.7 Å². The predicted molar refractivity (Wildman–Crippen MR) is 125 cm³/mol. The number of ether oxygens (including phenoxy) is 3. The highest BCUT2D eigenvalue weighted by atomic mass is 35.5. The molecule has 0 aliphatic carbocycles. The van der Waals surface area contributed by atoms with Crippen molar-refractivity contribution in [1.82, 2.24) is 0 Å². The van der Waals surface area contributed by atoms with Crippen LogP contribution in [0, 0.1) is 5.82 Å². The second kappa shape index (κ2) is 11.6. The van der Waals surface area contributed by atoms with Crippen molar-refractivity contribution in [2.45, 2.75) is 12.8 Å². The minimum atomic E-state index is -0.752. The van der Waals surface area contributed by atoms with Crippen molar-refractivity contribution in [3.05, 3.63) is 88.2 Å². The minimum absolute atomic E-state index is 0.00913. The summed E-state index contributed by atoms with van der Waals surface area (Å²) in [5.74, 6) is -2.08. The van der Waals surface area contributed by atoms with Crippen LogP contribution in [-0.2, 0) is 14.3 Å². The van der Waals surface area contributed by atoms with Crippen molar-refractivity contribution >= 4 is 23.9 Å². The van der Waals surface area contributed by atoms with Crippen LogP contribution in [0.3, 0.4) is 0 Å². The van der Waals surface area contributed by atoms with Crippen LogP contribution >= 0.6 is 11.6 Å². The summed E-state index contributed by atoms with van der Waals surface area (Å²) >= 11 is 6.46. The van der Waals surface area contributed by atoms with Gasteiger partial charge in [-0.05, 0) is 42.3 Å². The number of carbonyl (C=O) groups excluding carboxylic acids is 2. The molecular weight excluding hydrogens is 447 g/mol. The Bertz CT molecular complexity index is 1120. The SMILES string of the molecule is CCOC(=O)c1ccc(OCCOC)c(F)c1-c1cc(C(C=O)c2ccccc2)ccc1Cl. The van der Waals surface area contributed by atoms with Crippen molar-refractivity contribution in [3.8, 4) is 16.9 Å². The van der Waals surface area contributed by atoms with Crippen LogP contribution in [0.2, 0.25) is 5.02 Å². The van der Waals surface area contributed by atoms with Crippen molar-refractivity contribution in [2.75, 3.05) is 26.9 Å². The number of methoxy groups -OCH3 is 1. The predicted octanol–water partition coefficient (Wildman–Crippen LogP) is 5.68. The standard InChI is InChI=1S/C26H24ClFO5/c1-3-32-26(30)19-10-12-23(33-14-13-31-2)25(28)24(19)20-15-18(9-11-22(20)27)21(16-29)17-7-5-4-6-8-17/h4-12,15-16,21H,3,13-14H2,1-2H3. The fourth-order valence-electron chi connectivity index (χ4n) is 3.48. The summed E-state index contributed by atoms with van der Waals surface area (Å²) < 4.78 is 31.2. The molecule has 0 saturated heterocycles. The third-order valence-electron chi connectivity index (χ3n) is 5.06. The third-order valence-corrected chi connectivity index (χ3v) is 5.39. The highest BCUT2D eigenvalue weighted by Gasteiger charge is 2.25. The van der Waals surface area contributed by atoms with Crippen molar-refractivity contribution in [1.29, 1.82) is 0 Å². The van der Waals surface area contributed by atoms with Gasteiger partial charge in [-0.2, -0.15) is 0 Å². The average molecular weight is 471 g/mol. The molecule has 3 aromatic carbocycles. The quantitative estimate of drug-likeness (QED) is 0.217. The van der Waals surface area contributed by atoms with Gasteiger partial charge in [-0.1, -0.05) is 48.0 Å². The average Bonchev–Trinajstić information content (AvgIpc) is 2.82. The second-order valence-electron chi connectivity index (χ2n) is 7.13. The van der Waals surface area contributed by atoms with Gasteiger partial charge in [0.25, 0.3) is 0 Å². The topological polar surface area (TPSA) is 61.8 Å². The Balaban J connectivity index is 2.17. The Morgan fingerprint density at radius 2 is 1.82 bits per heavy atom. The first kappa shape index (κ1) is 24.4. The van der Waals surface area contributed by atoms with Gasteiger partial charge in [0.05, 0.1) is 24.7 Å². The van der Waals surface area contributed by atoms with E-state index in [0.29, 0.717) is 5.56 Å². The normalized spacial score (nSPS) is 11.6. The molecule has 0 spiro atoms. The van der Waals surface area contributed by atoms with E-state index in [2.05, 4.69) is 0 Å². The Hall–Kier alpha value is -3.22. The summed E-state index contributed by atoms with van der Waals surface area (Å²) in [5, 5.41) is 0.218. The lowest BCUT2D eigenvalue weighted by molar-refractivity contribution is -0.108. The molecule has 0 N–H and O–H groups in total. The van der Waals surface area contributed by atoms with E-state index >= 15 is 4.39 Å². The summed E-state index contributed by atoms with van der Waals surface area (Å²) in [6.07, 6.45) is 0.815. The molecular formula is C26H24ClFO5. The summed E-state index contributed by atoms with van der Waals surface area (Å²) in [6, 6.07) is 16.9. The van der Waals surface area contributed by atoms with Crippen molar-refractivity contribution in [3.63, 3.8) is 0 Å². The van der Waals surface area contributed by atoms with E-state index in [4.69, 9.17) is 25.8 Å². The van der Waals surface area contributed by atoms with Crippen molar-refractivity contribution < 1.29 is 28.2 Å². The largest absolute Gasteiger partial charge is 0.488 e. The second-order valence-corrected chi connectivity index (χ2v) is 7.53. The van der Waals surface area contributed by atoms with Gasteiger partial charge in [0.15, 0.2) is 11.6 Å². The molecule has 0 radical (unpaired) electrons. The van der Waals surface area contributed by atoms with Crippen molar-refractivity contribution in [2.24, 2.45) is 0 Å². The highest BCUT2D eigenvalue weighted by molar-refractivity contribution is 6.33. The maximum atomic E-state index is 15.7. The number of aldehydes is 1. The van der Waals surface area contributed by atoms with Gasteiger partial charge >= 0.3 is 5.97 Å². The van der Waals surface area contributed by atoms with Crippen LogP contribution in [0.1, 0.15) is 34.3 Å². The van der Waals surface area contributed by atoms with Gasteiger partial charge in [-0.3, -0.25) is 0 Å². The number of halogens is 2. The molecule has 0 saturated carbocycles. The summed E-state index contributed by atoms with van der Waals surface area (Å²) in [6.45, 7) is 2.18. The van der Waals surface area contributed by atoms with E-state index < -0.39 is 17.7 Å². The molecule has 33 heavy (non-hydrogen) atoms. The summed E-state index contributed by atoms with van der Waals surface area (Å²) in [5.41, 5.74) is 1.61. The van der Waals surface area contributed by atoms with Gasteiger partial charge in [-0.15, -0.1) is 0 Å². The molecule has 0 fully saturated rings. The molecule has 7 heteroatoms. The number of benzene rings is 3. The maximum absolute atomic E-state index is 15.7. The number of esters is 1. The zero-order chi connectivity index (χ0) is 23.8. The molecule has 1 unspecified atom stereocenters. The van der Waals surface area contributed by atoms with Gasteiger partial charge in [0.2, 0.25) is 0 Å². The monoisotopic (exact) mass is 470 g/mol. The molecule has 1 atom stereocenters. The molecule has 0 aliphatic heterocycles. The number of carbonyl (C=O) groups is 2. The third kappa shape index (κ3) is 5.59. The Labute approximate surface area is 197 Å². The molecule has 172 valence electrons. The number of hydrogen-bond donors (Lipinski definition) is 0. The minimum Gasteiger partial charge on any atom is -0.488 e. The molecule has 0 aliphatic rings. The molecule has 5 nitrogen and oxygen atoms in total. The number of hydrogen-bond acceptors (Lipinski definition) is 5. The summed E-state index contributed by atoms with van der Waals surface area (Å²) in [4.78, 5) is 24.6. The Morgan fingerprint density at radius 1 is 1.06 bits per heavy atom. The Morgan fingerprint density at radius 3 is 2.48 bits per heavy atom. The lowest BCUT2D eigenvalue weighted by atomic mass is 9.89. The van der Waals surface area contributed by atoms with Gasteiger partial charge in [0, 0.05) is 23.3 Å². The highest BCUT2D eigenvalue weighted by Crippen LogP contribution is 2.39. The first-order chi connectivity index (χ1) is 16.0. The molecule has 3 rings (SSSR count). The summed E-state index contributed by atoms with van der Waals surface area (Å²) in [7, 11) is 1.51. The smallest absolute Gasteiger partial charge is 0.338 e. The van der Waals surface area contributed by atoms with Gasteiger partial charge in [-0.25, -0.2) is 9.18 Å². The van der Waals surface area contributed by atoms with Crippen LogP contribution in [-0.4, -0.2) is 39.2 Å². The fraction of sp³-hybridized carbons (Fsp3) is 0.231. The molecule has 3 aromatic rings. The Kier molecular flexibility index (Phi) is 8.58. The van der Waals surface area contributed by atoms with Crippen LogP contribution < -0.4 is 4.74 Å². The molecule has 0 heterocycles. The zero-order valence-corrected chi connectivity index (χ0v) is 19.1. The van der Waals surface area contributed by atoms with E-state index in [1.165, 1.54) is 19.2 Å². The lowest BCUT2D eigenvalue weighted by Gasteiger charge is -2.18. The van der Waals surface area contributed by atoms with Gasteiger partial charge in [0.1, 0.15) is 12.9 Å². The van der Waals surface area contributed by atoms with Crippen LogP contribution in [0.25, 0.3) is 11.1 Å². The van der Waals surface area contributed by atoms with E-state index in [9.17, 15) is 9.59 Å². The van der Waals surface area contributed by atoms with Gasteiger partial charge < -0.3 is 19.0 Å². The lowest BCUT2D eigenvalue weighted by Crippen LogP contribution is -2.11. The molecule has 0 bridgehead atoms. The fourth-order valence-corrected chi connectivity index (χ4v) is 3.70. The number of rotatable bonds is 10. The zero-order valence-electron chi connectivity index (χ0n) is 18.3. The van der Waals surface area contributed by atoms with E-state index in [0.717, 1.165) is 11.8 Å². The van der Waals surface area contributed by atoms with Crippen LogP contribution in [0.5, 0.6) is 5.75 Å². The first-order valence-corrected chi connectivity index (χ1v) is 10.8. The van der Waals surface area contributed by atoms with Crippen LogP contribution in [0.4, 0.5) is 4.39 Å². The first-order valence-electron chi connectivity index (χ1n) is 10.4. The van der Waals surface area contributed by atoms with E-state index in [1.54, 1.807) is 25.1 Å². The molecule has 0 aromatic heterocycles.